The molecule has 2 aromatic heterocycles. The normalized spacial score (nSPS) is 18.4. The number of nitrogens with zero attached hydrogens (tertiary/aromatic N) is 2. The Morgan fingerprint density at radius 3 is 2.74 bits per heavy atom. The van der Waals surface area contributed by atoms with Gasteiger partial charge in [0.1, 0.15) is 16.4 Å². The number of Topliss-reactive ketones (excluding diaryl/α,β-unsaturated/α-hetero) is 1. The molecule has 35 heavy (non-hydrogen) atoms. The number of halogens is 4. The van der Waals surface area contributed by atoms with Crippen LogP contribution in [-0.2, 0) is 12.6 Å². The van der Waals surface area contributed by atoms with Gasteiger partial charge in [0.05, 0.1) is 22.7 Å². The van der Waals surface area contributed by atoms with E-state index in [2.05, 4.69) is 15.2 Å². The molecule has 0 unspecified atom stereocenters. The first-order valence-corrected chi connectivity index (χ1v) is 12.1. The van der Waals surface area contributed by atoms with E-state index in [1.54, 1.807) is 0 Å². The molecule has 2 aliphatic heterocycles. The van der Waals surface area contributed by atoms with E-state index in [9.17, 15) is 22.4 Å². The number of hydrogen-bond acceptors (Lipinski definition) is 7. The summed E-state index contributed by atoms with van der Waals surface area (Å²) in [5.74, 6) is -0.635. The number of carbonyl (C=O) groups excluding carboxylic acids is 1. The van der Waals surface area contributed by atoms with Crippen LogP contribution in [0.1, 0.15) is 32.9 Å². The van der Waals surface area contributed by atoms with Crippen molar-refractivity contribution in [1.29, 1.82) is 0 Å². The van der Waals surface area contributed by atoms with Gasteiger partial charge < -0.3 is 20.7 Å². The van der Waals surface area contributed by atoms with Gasteiger partial charge in [-0.3, -0.25) is 4.79 Å². The Balaban J connectivity index is 1.37. The van der Waals surface area contributed by atoms with E-state index in [4.69, 9.17) is 10.5 Å². The van der Waals surface area contributed by atoms with E-state index in [0.29, 0.717) is 17.7 Å². The van der Waals surface area contributed by atoms with Crippen LogP contribution in [-0.4, -0.2) is 43.6 Å². The molecule has 4 heterocycles. The number of hydrogen-bond donors (Lipinski definition) is 2. The molecule has 1 fully saturated rings. The van der Waals surface area contributed by atoms with Crippen LogP contribution in [0.3, 0.4) is 0 Å². The average molecular weight is 509 g/mol. The van der Waals surface area contributed by atoms with Gasteiger partial charge in [-0.2, -0.15) is 13.2 Å². The van der Waals surface area contributed by atoms with Crippen molar-refractivity contribution >= 4 is 38.7 Å². The van der Waals surface area contributed by atoms with Crippen molar-refractivity contribution in [2.24, 2.45) is 5.92 Å². The summed E-state index contributed by atoms with van der Waals surface area (Å²) in [6, 6.07) is 4.26. The highest BCUT2D eigenvalue weighted by molar-refractivity contribution is 7.21. The molecule has 6 nitrogen and oxygen atoms in total. The van der Waals surface area contributed by atoms with Gasteiger partial charge in [-0.15, -0.1) is 11.3 Å². The molecular weight excluding hydrogens is 484 g/mol. The maximum atomic E-state index is 15.0. The summed E-state index contributed by atoms with van der Waals surface area (Å²) in [6.45, 7) is 4.87. The molecule has 3 N–H and O–H groups in total. The van der Waals surface area contributed by atoms with Gasteiger partial charge in [-0.05, 0) is 25.5 Å². The van der Waals surface area contributed by atoms with E-state index >= 15 is 0 Å². The fraction of sp³-hybridized carbons (Fsp3) is 0.417. The zero-order chi connectivity index (χ0) is 24.9. The number of ether oxygens (including phenoxy) is 1. The van der Waals surface area contributed by atoms with Crippen LogP contribution in [0.15, 0.2) is 18.2 Å². The number of alkyl halides is 3. The zero-order valence-corrected chi connectivity index (χ0v) is 19.8. The molecule has 2 aliphatic rings. The van der Waals surface area contributed by atoms with Gasteiger partial charge in [0.25, 0.3) is 0 Å². The second-order valence-electron chi connectivity index (χ2n) is 8.98. The monoisotopic (exact) mass is 508 g/mol. The predicted molar refractivity (Wildman–Crippen MR) is 127 cm³/mol. The molecule has 1 aromatic carbocycles. The third kappa shape index (κ3) is 4.54. The first-order valence-electron chi connectivity index (χ1n) is 11.3. The van der Waals surface area contributed by atoms with Crippen molar-refractivity contribution in [3.63, 3.8) is 0 Å². The number of rotatable bonds is 4. The summed E-state index contributed by atoms with van der Waals surface area (Å²) in [4.78, 5) is 19.4. The molecule has 0 amide bonds. The Morgan fingerprint density at radius 1 is 1.29 bits per heavy atom. The second-order valence-corrected chi connectivity index (χ2v) is 9.98. The highest BCUT2D eigenvalue weighted by Gasteiger charge is 2.36. The lowest BCUT2D eigenvalue weighted by Gasteiger charge is -2.31. The van der Waals surface area contributed by atoms with E-state index < -0.39 is 17.5 Å². The Labute approximate surface area is 203 Å². The number of anilines is 2. The maximum Gasteiger partial charge on any atom is 0.417 e. The molecule has 0 bridgehead atoms. The van der Waals surface area contributed by atoms with Crippen molar-refractivity contribution < 1.29 is 27.1 Å². The Hall–Kier alpha value is -2.92. The number of aromatic nitrogens is 1. The number of nitrogen functional groups attached to an aromatic ring is 1. The van der Waals surface area contributed by atoms with Gasteiger partial charge >= 0.3 is 6.18 Å². The molecule has 0 spiro atoms. The summed E-state index contributed by atoms with van der Waals surface area (Å²) < 4.78 is 61.5. The number of ketones is 1. The Bertz CT molecular complexity index is 1300. The number of benzene rings is 1. The summed E-state index contributed by atoms with van der Waals surface area (Å²) in [5.41, 5.74) is 6.29. The van der Waals surface area contributed by atoms with Crippen molar-refractivity contribution in [2.45, 2.75) is 25.9 Å². The van der Waals surface area contributed by atoms with Crippen LogP contribution in [0.25, 0.3) is 10.2 Å². The van der Waals surface area contributed by atoms with Crippen molar-refractivity contribution in [2.75, 3.05) is 43.4 Å². The van der Waals surface area contributed by atoms with Gasteiger partial charge in [0, 0.05) is 66.9 Å². The van der Waals surface area contributed by atoms with Crippen molar-refractivity contribution in [1.82, 2.24) is 10.3 Å². The summed E-state index contributed by atoms with van der Waals surface area (Å²) in [6.07, 6.45) is -4.34. The third-order valence-corrected chi connectivity index (χ3v) is 7.59. The van der Waals surface area contributed by atoms with Gasteiger partial charge in [-0.25, -0.2) is 9.37 Å². The molecule has 1 saturated heterocycles. The molecular formula is C24H24F4N4O2S. The minimum absolute atomic E-state index is 0.0181. The zero-order valence-electron chi connectivity index (χ0n) is 19.0. The fourth-order valence-electron chi connectivity index (χ4n) is 4.75. The average Bonchev–Trinajstić information content (AvgIpc) is 3.14. The minimum atomic E-state index is -4.62. The number of fused-ring (bicyclic) bond motifs is 2. The summed E-state index contributed by atoms with van der Waals surface area (Å²) in [5, 5.41) is 3.02. The molecule has 1 atom stereocenters. The van der Waals surface area contributed by atoms with Crippen molar-refractivity contribution in [3.05, 3.63) is 45.7 Å². The largest absolute Gasteiger partial charge is 0.493 e. The first kappa shape index (κ1) is 23.8. The molecule has 5 rings (SSSR count). The Morgan fingerprint density at radius 2 is 2.03 bits per heavy atom. The van der Waals surface area contributed by atoms with Gasteiger partial charge in [0.2, 0.25) is 0 Å². The smallest absolute Gasteiger partial charge is 0.417 e. The SMILES string of the molecule is Cc1cc(C(F)(F)F)c2c(N)c(C(=O)C[C@H]3COc4cc(N5CCNCC5)cc(F)c4C3)sc2n1. The van der Waals surface area contributed by atoms with Gasteiger partial charge in [0.15, 0.2) is 5.78 Å². The lowest BCUT2D eigenvalue weighted by molar-refractivity contribution is -0.136. The Kier molecular flexibility index (Phi) is 6.08. The van der Waals surface area contributed by atoms with Crippen LogP contribution in [0, 0.1) is 18.7 Å². The van der Waals surface area contributed by atoms with E-state index in [1.807, 2.05) is 6.07 Å². The molecule has 0 saturated carbocycles. The summed E-state index contributed by atoms with van der Waals surface area (Å²) >= 11 is 0.860. The second kappa shape index (κ2) is 8.94. The lowest BCUT2D eigenvalue weighted by atomic mass is 9.91. The van der Waals surface area contributed by atoms with E-state index in [-0.39, 0.29) is 51.2 Å². The highest BCUT2D eigenvalue weighted by Crippen LogP contribution is 2.43. The van der Waals surface area contributed by atoms with Gasteiger partial charge in [-0.1, -0.05) is 0 Å². The maximum absolute atomic E-state index is 15.0. The number of aryl methyl sites for hydroxylation is 1. The van der Waals surface area contributed by atoms with Crippen LogP contribution in [0.4, 0.5) is 28.9 Å². The molecule has 3 aromatic rings. The quantitative estimate of drug-likeness (QED) is 0.397. The van der Waals surface area contributed by atoms with Crippen LogP contribution < -0.4 is 20.7 Å². The standard InChI is InChI=1S/C24H24F4N4O2S/c1-12-6-16(24(26,27)28)20-21(29)22(35-23(20)31-12)18(33)8-13-7-15-17(25)9-14(10-19(15)34-11-13)32-4-2-30-3-5-32/h6,9-10,13,30H,2-5,7-8,11,29H2,1H3/t13-/m0/s1. The van der Waals surface area contributed by atoms with E-state index in [1.165, 1.54) is 13.0 Å². The summed E-state index contributed by atoms with van der Waals surface area (Å²) in [7, 11) is 0. The number of pyridine rings is 1. The molecule has 0 radical (unpaired) electrons. The molecule has 0 aliphatic carbocycles. The number of piperazine rings is 1. The predicted octanol–water partition coefficient (Wildman–Crippen LogP) is 4.58. The fourth-order valence-corrected chi connectivity index (χ4v) is 5.86. The lowest BCUT2D eigenvalue weighted by Crippen LogP contribution is -2.43. The topological polar surface area (TPSA) is 80.5 Å². The minimum Gasteiger partial charge on any atom is -0.493 e. The van der Waals surface area contributed by atoms with Crippen LogP contribution >= 0.6 is 11.3 Å². The van der Waals surface area contributed by atoms with Crippen LogP contribution in [0.5, 0.6) is 5.75 Å². The third-order valence-electron chi connectivity index (χ3n) is 6.45. The number of nitrogens with two attached hydrogens (primary N) is 1. The van der Waals surface area contributed by atoms with E-state index in [0.717, 1.165) is 49.3 Å². The molecule has 11 heteroatoms. The number of carbonyl (C=O) groups is 1. The number of thiophene rings is 1. The number of nitrogens with one attached hydrogen (secondary N) is 1. The van der Waals surface area contributed by atoms with Crippen LogP contribution in [0.2, 0.25) is 0 Å². The highest BCUT2D eigenvalue weighted by atomic mass is 32.1. The first-order chi connectivity index (χ1) is 16.6. The molecule has 186 valence electrons. The van der Waals surface area contributed by atoms with Crippen molar-refractivity contribution in [3.8, 4) is 5.75 Å².